The van der Waals surface area contributed by atoms with E-state index in [9.17, 15) is 14.4 Å². The maximum atomic E-state index is 12.2. The lowest BCUT2D eigenvalue weighted by molar-refractivity contribution is -0.727. The van der Waals surface area contributed by atoms with E-state index in [0.29, 0.717) is 30.7 Å². The summed E-state index contributed by atoms with van der Waals surface area (Å²) >= 11 is 0. The zero-order chi connectivity index (χ0) is 24.2. The number of nitrogens with zero attached hydrogens (tertiary/aromatic N) is 3. The van der Waals surface area contributed by atoms with Crippen molar-refractivity contribution < 1.29 is 41.8 Å². The van der Waals surface area contributed by atoms with Crippen LogP contribution < -0.4 is 4.57 Å². The lowest BCUT2D eigenvalue weighted by atomic mass is 10.1. The summed E-state index contributed by atoms with van der Waals surface area (Å²) in [6, 6.07) is 3.35. The molecule has 0 radical (unpaired) electrons. The molecule has 0 atom stereocenters. The molecule has 12 heteroatoms. The van der Waals surface area contributed by atoms with Crippen LogP contribution in [0.4, 0.5) is 4.79 Å². The molecule has 1 rings (SSSR count). The van der Waals surface area contributed by atoms with Crippen LogP contribution in [0.25, 0.3) is 0 Å². The summed E-state index contributed by atoms with van der Waals surface area (Å²) in [5.41, 5.74) is 0.466. The lowest BCUT2D eigenvalue weighted by Gasteiger charge is -2.19. The number of carboxylic acid groups (broad SMARTS) is 1. The van der Waals surface area contributed by atoms with Crippen molar-refractivity contribution in [3.8, 4) is 0 Å². The lowest BCUT2D eigenvalue weighted by Crippen LogP contribution is -2.42. The number of hydrogen-bond donors (Lipinski definition) is 1. The Balaban J connectivity index is 0.00000161. The molecule has 1 heterocycles. The van der Waals surface area contributed by atoms with E-state index in [1.165, 1.54) is 9.80 Å². The third-order valence-corrected chi connectivity index (χ3v) is 3.64. The first kappa shape index (κ1) is 28.3. The number of carbonyl (C=O) groups excluding carboxylic acids is 2. The van der Waals surface area contributed by atoms with Crippen LogP contribution >= 0.6 is 0 Å². The second-order valence-corrected chi connectivity index (χ2v) is 8.81. The number of pyridine rings is 1. The maximum absolute atomic E-state index is 12.2. The molecule has 31 heavy (non-hydrogen) atoms. The van der Waals surface area contributed by atoms with Crippen LogP contribution in [-0.2, 0) is 26.4 Å². The van der Waals surface area contributed by atoms with E-state index >= 15 is 0 Å². The van der Waals surface area contributed by atoms with Gasteiger partial charge in [0.2, 0.25) is 0 Å². The maximum Gasteiger partial charge on any atom is 0.415 e. The Bertz CT molecular complexity index is 832. The van der Waals surface area contributed by atoms with Crippen LogP contribution in [-0.4, -0.2) is 79.3 Å². The quantitative estimate of drug-likeness (QED) is 0.418. The Morgan fingerprint density at radius 1 is 1.26 bits per heavy atom. The van der Waals surface area contributed by atoms with Gasteiger partial charge in [-0.2, -0.15) is 4.57 Å². The second-order valence-electron chi connectivity index (χ2n) is 7.40. The van der Waals surface area contributed by atoms with Crippen molar-refractivity contribution in [2.45, 2.75) is 33.4 Å². The molecule has 0 aromatic carbocycles. The van der Waals surface area contributed by atoms with Gasteiger partial charge >= 0.3 is 12.1 Å². The normalized spacial score (nSPS) is 10.7. The van der Waals surface area contributed by atoms with Crippen molar-refractivity contribution >= 4 is 28.1 Å². The first-order chi connectivity index (χ1) is 14.2. The summed E-state index contributed by atoms with van der Waals surface area (Å²) in [6.07, 6.45) is 4.77. The largest absolute Gasteiger partial charge is 0.748 e. The number of rotatable bonds is 9. The number of hydrogen-bond acceptors (Lipinski definition) is 7. The van der Waals surface area contributed by atoms with Crippen LogP contribution in [0.3, 0.4) is 0 Å². The SMILES string of the molecule is CC(C)CCCN(CC(=O)O)C(=O)OC[n+]1cccc(C(=O)N(C)C)c1.CS(=O)(=O)[O-]. The van der Waals surface area contributed by atoms with E-state index in [-0.39, 0.29) is 12.6 Å². The number of aromatic nitrogens is 1. The van der Waals surface area contributed by atoms with E-state index in [1.807, 2.05) is 0 Å². The van der Waals surface area contributed by atoms with Crippen LogP contribution in [0.5, 0.6) is 0 Å². The molecule has 1 aromatic heterocycles. The van der Waals surface area contributed by atoms with Crippen LogP contribution in [0.15, 0.2) is 24.5 Å². The molecule has 0 aliphatic carbocycles. The molecule has 11 nitrogen and oxygen atoms in total. The molecule has 0 aliphatic rings. The fraction of sp³-hybridized carbons (Fsp3) is 0.579. The second kappa shape index (κ2) is 13.5. The molecule has 0 bridgehead atoms. The predicted molar refractivity (Wildman–Crippen MR) is 110 cm³/mol. The van der Waals surface area contributed by atoms with Gasteiger partial charge in [-0.05, 0) is 24.8 Å². The van der Waals surface area contributed by atoms with Gasteiger partial charge in [-0.25, -0.2) is 13.2 Å². The molecule has 1 N–H and O–H groups in total. The highest BCUT2D eigenvalue weighted by Gasteiger charge is 2.20. The van der Waals surface area contributed by atoms with Gasteiger partial charge in [-0.1, -0.05) is 13.8 Å². The summed E-state index contributed by atoms with van der Waals surface area (Å²) in [5, 5.41) is 8.98. The van der Waals surface area contributed by atoms with E-state index in [1.54, 1.807) is 43.2 Å². The molecule has 2 amide bonds. The minimum Gasteiger partial charge on any atom is -0.748 e. The van der Waals surface area contributed by atoms with Gasteiger partial charge in [-0.3, -0.25) is 14.5 Å². The Kier molecular flexibility index (Phi) is 12.4. The van der Waals surface area contributed by atoms with Gasteiger partial charge in [0.1, 0.15) is 12.1 Å². The van der Waals surface area contributed by atoms with Gasteiger partial charge in [0, 0.05) is 33.0 Å². The summed E-state index contributed by atoms with van der Waals surface area (Å²) in [5.74, 6) is -0.769. The van der Waals surface area contributed by atoms with E-state index in [2.05, 4.69) is 13.8 Å². The van der Waals surface area contributed by atoms with Crippen LogP contribution in [0.2, 0.25) is 0 Å². The Morgan fingerprint density at radius 2 is 1.84 bits per heavy atom. The van der Waals surface area contributed by atoms with Crippen LogP contribution in [0, 0.1) is 5.92 Å². The standard InChI is InChI=1S/C18H27N3O5.CH4O3S/c1-14(2)7-5-10-21(12-16(22)23)18(25)26-13-20-9-6-8-15(11-20)17(24)19(3)4;1-5(2,3)4/h6,8-9,11,14H,5,7,10,12-13H2,1-4H3;1H3,(H,2,3,4). The number of aliphatic carboxylic acids is 1. The molecule has 0 aliphatic heterocycles. The Morgan fingerprint density at radius 3 is 2.32 bits per heavy atom. The molecule has 0 unspecified atom stereocenters. The fourth-order valence-corrected chi connectivity index (χ4v) is 2.30. The first-order valence-corrected chi connectivity index (χ1v) is 11.3. The van der Waals surface area contributed by atoms with Crippen LogP contribution in [0.1, 0.15) is 37.0 Å². The molecule has 0 spiro atoms. The monoisotopic (exact) mass is 461 g/mol. The highest BCUT2D eigenvalue weighted by Crippen LogP contribution is 2.06. The summed E-state index contributed by atoms with van der Waals surface area (Å²) < 4.78 is 34.0. The summed E-state index contributed by atoms with van der Waals surface area (Å²) in [4.78, 5) is 37.8. The first-order valence-electron chi connectivity index (χ1n) is 9.45. The van der Waals surface area contributed by atoms with Gasteiger partial charge in [0.15, 0.2) is 12.4 Å². The topological polar surface area (TPSA) is 148 Å². The van der Waals surface area contributed by atoms with Crippen molar-refractivity contribution in [2.24, 2.45) is 5.92 Å². The van der Waals surface area contributed by atoms with Crippen molar-refractivity contribution in [3.05, 3.63) is 30.1 Å². The number of amides is 2. The molecule has 1 aromatic rings. The van der Waals surface area contributed by atoms with Crippen molar-refractivity contribution in [2.75, 3.05) is 33.4 Å². The smallest absolute Gasteiger partial charge is 0.415 e. The van der Waals surface area contributed by atoms with E-state index in [4.69, 9.17) is 22.8 Å². The molecule has 176 valence electrons. The number of carboxylic acids is 1. The molecule has 0 saturated carbocycles. The zero-order valence-electron chi connectivity index (χ0n) is 18.5. The molecular weight excluding hydrogens is 430 g/mol. The minimum atomic E-state index is -3.92. The third-order valence-electron chi connectivity index (χ3n) is 3.64. The van der Waals surface area contributed by atoms with Gasteiger partial charge in [0.05, 0.1) is 10.1 Å². The number of ether oxygens (including phenoxy) is 1. The average Bonchev–Trinajstić information content (AvgIpc) is 2.63. The average molecular weight is 462 g/mol. The highest BCUT2D eigenvalue weighted by atomic mass is 32.2. The summed E-state index contributed by atoms with van der Waals surface area (Å²) in [7, 11) is -0.610. The third kappa shape index (κ3) is 14.8. The zero-order valence-corrected chi connectivity index (χ0v) is 19.3. The number of carbonyl (C=O) groups is 3. The molecular formula is C19H31N3O8S. The fourth-order valence-electron chi connectivity index (χ4n) is 2.30. The van der Waals surface area contributed by atoms with Crippen molar-refractivity contribution in [1.82, 2.24) is 9.80 Å². The van der Waals surface area contributed by atoms with Crippen molar-refractivity contribution in [3.63, 3.8) is 0 Å². The predicted octanol–water partition coefficient (Wildman–Crippen LogP) is 0.754. The summed E-state index contributed by atoms with van der Waals surface area (Å²) in [6.45, 7) is 3.96. The van der Waals surface area contributed by atoms with Gasteiger partial charge in [-0.15, -0.1) is 0 Å². The van der Waals surface area contributed by atoms with Gasteiger partial charge in [0.25, 0.3) is 12.6 Å². The molecule has 0 fully saturated rings. The van der Waals surface area contributed by atoms with Gasteiger partial charge < -0.3 is 19.3 Å². The minimum absolute atomic E-state index is 0.103. The Hall–Kier alpha value is -2.73. The van der Waals surface area contributed by atoms with E-state index < -0.39 is 28.7 Å². The Labute approximate surface area is 183 Å². The van der Waals surface area contributed by atoms with E-state index in [0.717, 1.165) is 6.42 Å². The molecule has 0 saturated heterocycles. The highest BCUT2D eigenvalue weighted by molar-refractivity contribution is 7.84. The van der Waals surface area contributed by atoms with Crippen molar-refractivity contribution in [1.29, 1.82) is 0 Å².